The Morgan fingerprint density at radius 1 is 0.957 bits per heavy atom. The van der Waals surface area contributed by atoms with E-state index in [-0.39, 0.29) is 0 Å². The van der Waals surface area contributed by atoms with Crippen LogP contribution in [-0.4, -0.2) is 25.9 Å². The van der Waals surface area contributed by atoms with Gasteiger partial charge in [-0.3, -0.25) is 0 Å². The maximum Gasteiger partial charge on any atom is 0.407 e. The maximum absolute atomic E-state index is 11.1. The summed E-state index contributed by atoms with van der Waals surface area (Å²) < 4.78 is 16.0. The monoisotopic (exact) mass is 315 g/mol. The number of benzene rings is 2. The summed E-state index contributed by atoms with van der Waals surface area (Å²) in [6, 6.07) is 15.2. The molecule has 0 aliphatic rings. The van der Waals surface area contributed by atoms with Crippen LogP contribution in [0, 0.1) is 6.92 Å². The van der Waals surface area contributed by atoms with Crippen molar-refractivity contribution in [3.8, 4) is 17.2 Å². The van der Waals surface area contributed by atoms with Gasteiger partial charge in [-0.15, -0.1) is 0 Å². The molecular formula is C18H21NO4. The summed E-state index contributed by atoms with van der Waals surface area (Å²) in [5, 5.41) is 2.59. The number of amides is 1. The van der Waals surface area contributed by atoms with Crippen LogP contribution in [0.4, 0.5) is 4.79 Å². The Hall–Kier alpha value is -2.69. The van der Waals surface area contributed by atoms with Crippen LogP contribution in [0.15, 0.2) is 48.5 Å². The van der Waals surface area contributed by atoms with E-state index in [1.807, 2.05) is 55.5 Å². The van der Waals surface area contributed by atoms with E-state index in [0.717, 1.165) is 11.5 Å². The first-order valence-corrected chi connectivity index (χ1v) is 7.55. The van der Waals surface area contributed by atoms with Crippen molar-refractivity contribution < 1.29 is 19.0 Å². The van der Waals surface area contributed by atoms with Gasteiger partial charge in [-0.2, -0.15) is 0 Å². The van der Waals surface area contributed by atoms with Crippen LogP contribution in [0.25, 0.3) is 0 Å². The molecule has 2 rings (SSSR count). The average Bonchev–Trinajstić information content (AvgIpc) is 2.55. The second-order valence-electron chi connectivity index (χ2n) is 4.88. The minimum Gasteiger partial charge on any atom is -0.492 e. The van der Waals surface area contributed by atoms with Crippen molar-refractivity contribution in [2.75, 3.05) is 19.8 Å². The molecule has 0 atom stereocenters. The first kappa shape index (κ1) is 16.7. The lowest BCUT2D eigenvalue weighted by atomic mass is 10.2. The highest BCUT2D eigenvalue weighted by Gasteiger charge is 2.01. The average molecular weight is 315 g/mol. The SMILES string of the molecule is CCOC(=O)NCCOc1ccc(Oc2ccc(C)cc2)cc1. The topological polar surface area (TPSA) is 56.8 Å². The van der Waals surface area contributed by atoms with E-state index >= 15 is 0 Å². The molecule has 0 heterocycles. The van der Waals surface area contributed by atoms with Crippen LogP contribution in [0.3, 0.4) is 0 Å². The molecule has 0 saturated heterocycles. The molecule has 0 fully saturated rings. The van der Waals surface area contributed by atoms with Crippen molar-refractivity contribution in [2.45, 2.75) is 13.8 Å². The van der Waals surface area contributed by atoms with Crippen LogP contribution >= 0.6 is 0 Å². The van der Waals surface area contributed by atoms with Crippen molar-refractivity contribution >= 4 is 6.09 Å². The fourth-order valence-corrected chi connectivity index (χ4v) is 1.85. The lowest BCUT2D eigenvalue weighted by molar-refractivity contribution is 0.150. The molecule has 5 nitrogen and oxygen atoms in total. The van der Waals surface area contributed by atoms with E-state index in [2.05, 4.69) is 5.32 Å². The molecule has 2 aromatic rings. The van der Waals surface area contributed by atoms with Gasteiger partial charge in [0, 0.05) is 0 Å². The molecule has 0 aliphatic carbocycles. The van der Waals surface area contributed by atoms with Crippen LogP contribution in [0.1, 0.15) is 12.5 Å². The smallest absolute Gasteiger partial charge is 0.407 e. The summed E-state index contributed by atoms with van der Waals surface area (Å²) in [7, 11) is 0. The normalized spacial score (nSPS) is 10.0. The number of carbonyl (C=O) groups excluding carboxylic acids is 1. The van der Waals surface area contributed by atoms with Gasteiger partial charge in [0.15, 0.2) is 0 Å². The van der Waals surface area contributed by atoms with Gasteiger partial charge in [-0.25, -0.2) is 4.79 Å². The van der Waals surface area contributed by atoms with Gasteiger partial charge in [0.2, 0.25) is 0 Å². The summed E-state index contributed by atoms with van der Waals surface area (Å²) in [4.78, 5) is 11.1. The molecule has 0 bridgehead atoms. The Morgan fingerprint density at radius 3 is 2.13 bits per heavy atom. The lowest BCUT2D eigenvalue weighted by Gasteiger charge is -2.09. The van der Waals surface area contributed by atoms with Crippen molar-refractivity contribution in [1.29, 1.82) is 0 Å². The highest BCUT2D eigenvalue weighted by Crippen LogP contribution is 2.23. The van der Waals surface area contributed by atoms with Gasteiger partial charge >= 0.3 is 6.09 Å². The molecule has 5 heteroatoms. The van der Waals surface area contributed by atoms with Gasteiger partial charge in [0.05, 0.1) is 13.2 Å². The van der Waals surface area contributed by atoms with Gasteiger partial charge in [0.25, 0.3) is 0 Å². The molecule has 0 saturated carbocycles. The molecule has 0 radical (unpaired) electrons. The van der Waals surface area contributed by atoms with Crippen molar-refractivity contribution in [2.24, 2.45) is 0 Å². The second-order valence-corrected chi connectivity index (χ2v) is 4.88. The summed E-state index contributed by atoms with van der Waals surface area (Å²) in [5.41, 5.74) is 1.19. The number of aryl methyl sites for hydroxylation is 1. The molecule has 0 aliphatic heterocycles. The molecule has 23 heavy (non-hydrogen) atoms. The van der Waals surface area contributed by atoms with E-state index in [9.17, 15) is 4.79 Å². The summed E-state index contributed by atoms with van der Waals surface area (Å²) in [6.07, 6.45) is -0.432. The van der Waals surface area contributed by atoms with E-state index in [4.69, 9.17) is 14.2 Å². The van der Waals surface area contributed by atoms with Gasteiger partial charge in [0.1, 0.15) is 23.9 Å². The molecule has 0 spiro atoms. The van der Waals surface area contributed by atoms with Gasteiger partial charge in [-0.05, 0) is 50.2 Å². The highest BCUT2D eigenvalue weighted by atomic mass is 16.5. The molecule has 2 aromatic carbocycles. The largest absolute Gasteiger partial charge is 0.492 e. The minimum atomic E-state index is -0.432. The number of hydrogen-bond donors (Lipinski definition) is 1. The van der Waals surface area contributed by atoms with Crippen molar-refractivity contribution in [1.82, 2.24) is 5.32 Å². The molecule has 0 aromatic heterocycles. The fraction of sp³-hybridized carbons (Fsp3) is 0.278. The summed E-state index contributed by atoms with van der Waals surface area (Å²) in [5.74, 6) is 2.25. The Bertz CT molecular complexity index is 608. The number of hydrogen-bond acceptors (Lipinski definition) is 4. The van der Waals surface area contributed by atoms with Crippen LogP contribution in [0.2, 0.25) is 0 Å². The Kier molecular flexibility index (Phi) is 6.29. The first-order chi connectivity index (χ1) is 11.2. The zero-order chi connectivity index (χ0) is 16.5. The molecule has 0 unspecified atom stereocenters. The molecule has 122 valence electrons. The third kappa shape index (κ3) is 5.90. The predicted octanol–water partition coefficient (Wildman–Crippen LogP) is 3.91. The number of ether oxygens (including phenoxy) is 3. The summed E-state index contributed by atoms with van der Waals surface area (Å²) in [6.45, 7) is 4.91. The van der Waals surface area contributed by atoms with Crippen molar-refractivity contribution in [3.05, 3.63) is 54.1 Å². The van der Waals surface area contributed by atoms with Gasteiger partial charge < -0.3 is 19.5 Å². The Balaban J connectivity index is 1.76. The van der Waals surface area contributed by atoms with Crippen LogP contribution in [-0.2, 0) is 4.74 Å². The molecule has 1 N–H and O–H groups in total. The zero-order valence-corrected chi connectivity index (χ0v) is 13.4. The predicted molar refractivity (Wildman–Crippen MR) is 88.2 cm³/mol. The Labute approximate surface area is 136 Å². The second kappa shape index (κ2) is 8.68. The quantitative estimate of drug-likeness (QED) is 0.787. The van der Waals surface area contributed by atoms with E-state index < -0.39 is 6.09 Å². The third-order valence-corrected chi connectivity index (χ3v) is 3.00. The molecule has 1 amide bonds. The first-order valence-electron chi connectivity index (χ1n) is 7.55. The third-order valence-electron chi connectivity index (χ3n) is 3.00. The highest BCUT2D eigenvalue weighted by molar-refractivity contribution is 5.66. The Morgan fingerprint density at radius 2 is 1.52 bits per heavy atom. The summed E-state index contributed by atoms with van der Waals surface area (Å²) >= 11 is 0. The lowest BCUT2D eigenvalue weighted by Crippen LogP contribution is -2.28. The van der Waals surface area contributed by atoms with E-state index in [0.29, 0.717) is 25.5 Å². The fourth-order valence-electron chi connectivity index (χ4n) is 1.85. The number of nitrogens with one attached hydrogen (secondary N) is 1. The number of rotatable bonds is 7. The van der Waals surface area contributed by atoms with Crippen molar-refractivity contribution in [3.63, 3.8) is 0 Å². The van der Waals surface area contributed by atoms with Crippen LogP contribution in [0.5, 0.6) is 17.2 Å². The minimum absolute atomic E-state index is 0.356. The number of carbonyl (C=O) groups is 1. The van der Waals surface area contributed by atoms with E-state index in [1.54, 1.807) is 6.92 Å². The zero-order valence-electron chi connectivity index (χ0n) is 13.4. The van der Waals surface area contributed by atoms with E-state index in [1.165, 1.54) is 5.56 Å². The maximum atomic E-state index is 11.1. The van der Waals surface area contributed by atoms with Gasteiger partial charge in [-0.1, -0.05) is 17.7 Å². The molecular weight excluding hydrogens is 294 g/mol. The standard InChI is InChI=1S/C18H21NO4/c1-3-21-18(20)19-12-13-22-15-8-10-17(11-9-15)23-16-6-4-14(2)5-7-16/h4-11H,3,12-13H2,1-2H3,(H,19,20). The number of alkyl carbamates (subject to hydrolysis) is 1. The van der Waals surface area contributed by atoms with Crippen LogP contribution < -0.4 is 14.8 Å².